The maximum absolute atomic E-state index is 13.3. The van der Waals surface area contributed by atoms with Crippen LogP contribution < -0.4 is 5.32 Å². The van der Waals surface area contributed by atoms with Crippen LogP contribution in [0, 0.1) is 5.92 Å². The average molecular weight is 380 g/mol. The molecule has 1 aromatic carbocycles. The van der Waals surface area contributed by atoms with Gasteiger partial charge in [-0.1, -0.05) is 31.0 Å². The lowest BCUT2D eigenvalue weighted by atomic mass is 9.84. The molecular formula is C22H28N4O2. The van der Waals surface area contributed by atoms with Crippen molar-refractivity contribution in [3.8, 4) is 0 Å². The lowest BCUT2D eigenvalue weighted by molar-refractivity contribution is -0.120. The molecule has 0 radical (unpaired) electrons. The minimum Gasteiger partial charge on any atom is -0.323 e. The van der Waals surface area contributed by atoms with E-state index in [1.54, 1.807) is 6.20 Å². The Balaban J connectivity index is 1.57. The number of hydrogen-bond donors (Lipinski definition) is 1. The Morgan fingerprint density at radius 2 is 1.89 bits per heavy atom. The van der Waals surface area contributed by atoms with Gasteiger partial charge in [0.2, 0.25) is 5.91 Å². The van der Waals surface area contributed by atoms with Crippen LogP contribution in [0.4, 0.5) is 5.69 Å². The van der Waals surface area contributed by atoms with Crippen molar-refractivity contribution in [2.75, 3.05) is 5.32 Å². The SMILES string of the molecule is CC(C)n1cc(NC(=O)C2CC3CCCCC3N2C(=O)c2ccccc2)cn1. The number of carbonyl (C=O) groups is 2. The van der Waals surface area contributed by atoms with E-state index in [2.05, 4.69) is 10.4 Å². The highest BCUT2D eigenvalue weighted by molar-refractivity contribution is 6.01. The van der Waals surface area contributed by atoms with Gasteiger partial charge in [-0.05, 0) is 51.2 Å². The predicted molar refractivity (Wildman–Crippen MR) is 108 cm³/mol. The zero-order valence-electron chi connectivity index (χ0n) is 16.5. The molecule has 4 rings (SSSR count). The molecule has 1 saturated heterocycles. The summed E-state index contributed by atoms with van der Waals surface area (Å²) in [7, 11) is 0. The van der Waals surface area contributed by atoms with E-state index in [-0.39, 0.29) is 23.9 Å². The minimum absolute atomic E-state index is 0.0342. The molecule has 2 heterocycles. The fraction of sp³-hybridized carbons (Fsp3) is 0.500. The van der Waals surface area contributed by atoms with Crippen molar-refractivity contribution < 1.29 is 9.59 Å². The normalized spacial score (nSPS) is 24.2. The summed E-state index contributed by atoms with van der Waals surface area (Å²) in [4.78, 5) is 28.3. The first-order chi connectivity index (χ1) is 13.5. The van der Waals surface area contributed by atoms with E-state index >= 15 is 0 Å². The number of amides is 2. The smallest absolute Gasteiger partial charge is 0.254 e. The van der Waals surface area contributed by atoms with Crippen LogP contribution in [0.2, 0.25) is 0 Å². The molecule has 2 amide bonds. The molecular weight excluding hydrogens is 352 g/mol. The van der Waals surface area contributed by atoms with E-state index in [4.69, 9.17) is 0 Å². The highest BCUT2D eigenvalue weighted by atomic mass is 16.2. The molecule has 0 bridgehead atoms. The standard InChI is InChI=1S/C22H28N4O2/c1-15(2)25-14-18(13-23-25)24-21(27)20-12-17-10-6-7-11-19(17)26(20)22(28)16-8-4-3-5-9-16/h3-5,8-9,13-15,17,19-20H,6-7,10-12H2,1-2H3,(H,24,27). The second-order valence-electron chi connectivity index (χ2n) is 8.23. The predicted octanol–water partition coefficient (Wildman–Crippen LogP) is 3.88. The third kappa shape index (κ3) is 3.55. The Bertz CT molecular complexity index is 845. The molecule has 3 atom stereocenters. The zero-order chi connectivity index (χ0) is 19.7. The Hall–Kier alpha value is -2.63. The average Bonchev–Trinajstić information content (AvgIpc) is 3.33. The minimum atomic E-state index is -0.428. The van der Waals surface area contributed by atoms with Crippen molar-refractivity contribution in [3.05, 3.63) is 48.3 Å². The first-order valence-electron chi connectivity index (χ1n) is 10.3. The van der Waals surface area contributed by atoms with Gasteiger partial charge in [0.25, 0.3) is 5.91 Å². The number of hydrogen-bond acceptors (Lipinski definition) is 3. The van der Waals surface area contributed by atoms with Gasteiger partial charge >= 0.3 is 0 Å². The van der Waals surface area contributed by atoms with Crippen molar-refractivity contribution in [1.82, 2.24) is 14.7 Å². The number of aromatic nitrogens is 2. The molecule has 3 unspecified atom stereocenters. The van der Waals surface area contributed by atoms with Gasteiger partial charge in [0.1, 0.15) is 6.04 Å². The van der Waals surface area contributed by atoms with Crippen molar-refractivity contribution in [1.29, 1.82) is 0 Å². The summed E-state index contributed by atoms with van der Waals surface area (Å²) in [6.45, 7) is 4.08. The largest absolute Gasteiger partial charge is 0.323 e. The van der Waals surface area contributed by atoms with Crippen LogP contribution in [0.25, 0.3) is 0 Å². The van der Waals surface area contributed by atoms with Crippen molar-refractivity contribution in [2.24, 2.45) is 5.92 Å². The Labute approximate surface area is 165 Å². The molecule has 1 aliphatic carbocycles. The summed E-state index contributed by atoms with van der Waals surface area (Å²) in [5.74, 6) is 0.269. The molecule has 6 heteroatoms. The van der Waals surface area contributed by atoms with Crippen LogP contribution in [0.1, 0.15) is 62.4 Å². The maximum Gasteiger partial charge on any atom is 0.254 e. The first-order valence-corrected chi connectivity index (χ1v) is 10.3. The number of benzene rings is 1. The second-order valence-corrected chi connectivity index (χ2v) is 8.23. The van der Waals surface area contributed by atoms with E-state index in [9.17, 15) is 9.59 Å². The van der Waals surface area contributed by atoms with Crippen molar-refractivity contribution >= 4 is 17.5 Å². The van der Waals surface area contributed by atoms with Crippen LogP contribution in [0.3, 0.4) is 0 Å². The maximum atomic E-state index is 13.3. The fourth-order valence-electron chi connectivity index (χ4n) is 4.63. The molecule has 2 aromatic rings. The molecule has 1 saturated carbocycles. The summed E-state index contributed by atoms with van der Waals surface area (Å²) >= 11 is 0. The number of rotatable bonds is 4. The lowest BCUT2D eigenvalue weighted by Crippen LogP contribution is -2.47. The van der Waals surface area contributed by atoms with Gasteiger partial charge in [-0.15, -0.1) is 0 Å². The molecule has 1 aromatic heterocycles. The number of carbonyl (C=O) groups excluding carboxylic acids is 2. The van der Waals surface area contributed by atoms with Crippen LogP contribution in [-0.2, 0) is 4.79 Å². The highest BCUT2D eigenvalue weighted by Crippen LogP contribution is 2.40. The van der Waals surface area contributed by atoms with Gasteiger partial charge < -0.3 is 10.2 Å². The van der Waals surface area contributed by atoms with Gasteiger partial charge in [0.15, 0.2) is 0 Å². The Morgan fingerprint density at radius 3 is 2.61 bits per heavy atom. The zero-order valence-corrected chi connectivity index (χ0v) is 16.5. The quantitative estimate of drug-likeness (QED) is 0.875. The van der Waals surface area contributed by atoms with E-state index in [1.165, 1.54) is 6.42 Å². The highest BCUT2D eigenvalue weighted by Gasteiger charge is 2.47. The number of likely N-dealkylation sites (tertiary alicyclic amines) is 1. The van der Waals surface area contributed by atoms with E-state index in [0.29, 0.717) is 17.2 Å². The van der Waals surface area contributed by atoms with Crippen LogP contribution >= 0.6 is 0 Å². The molecule has 28 heavy (non-hydrogen) atoms. The lowest BCUT2D eigenvalue weighted by Gasteiger charge is -2.33. The van der Waals surface area contributed by atoms with Crippen LogP contribution in [-0.4, -0.2) is 38.6 Å². The third-order valence-electron chi connectivity index (χ3n) is 6.04. The Morgan fingerprint density at radius 1 is 1.14 bits per heavy atom. The summed E-state index contributed by atoms with van der Waals surface area (Å²) < 4.78 is 1.82. The first kappa shape index (κ1) is 18.7. The summed E-state index contributed by atoms with van der Waals surface area (Å²) in [6, 6.07) is 9.28. The number of nitrogens with zero attached hydrogens (tertiary/aromatic N) is 3. The van der Waals surface area contributed by atoms with Crippen LogP contribution in [0.15, 0.2) is 42.7 Å². The van der Waals surface area contributed by atoms with Crippen molar-refractivity contribution in [2.45, 2.75) is 64.1 Å². The van der Waals surface area contributed by atoms with Gasteiger partial charge in [-0.3, -0.25) is 14.3 Å². The van der Waals surface area contributed by atoms with Gasteiger partial charge in [0, 0.05) is 23.8 Å². The molecule has 1 N–H and O–H groups in total. The van der Waals surface area contributed by atoms with Gasteiger partial charge in [0.05, 0.1) is 11.9 Å². The van der Waals surface area contributed by atoms with Crippen molar-refractivity contribution in [3.63, 3.8) is 0 Å². The van der Waals surface area contributed by atoms with Crippen LogP contribution in [0.5, 0.6) is 0 Å². The molecule has 148 valence electrons. The number of nitrogens with one attached hydrogen (secondary N) is 1. The molecule has 1 aliphatic heterocycles. The molecule has 2 aliphatic rings. The third-order valence-corrected chi connectivity index (χ3v) is 6.04. The molecule has 2 fully saturated rings. The number of fused-ring (bicyclic) bond motifs is 1. The monoisotopic (exact) mass is 380 g/mol. The Kier molecular flexibility index (Phi) is 5.20. The molecule has 0 spiro atoms. The number of anilines is 1. The summed E-state index contributed by atoms with van der Waals surface area (Å²) in [6.07, 6.45) is 8.64. The van der Waals surface area contributed by atoms with E-state index in [0.717, 1.165) is 25.7 Å². The topological polar surface area (TPSA) is 67.2 Å². The van der Waals surface area contributed by atoms with E-state index in [1.807, 2.05) is 60.0 Å². The fourth-order valence-corrected chi connectivity index (χ4v) is 4.63. The summed E-state index contributed by atoms with van der Waals surface area (Å²) in [5, 5.41) is 7.28. The molecule has 6 nitrogen and oxygen atoms in total. The summed E-state index contributed by atoms with van der Waals surface area (Å²) in [5.41, 5.74) is 1.33. The van der Waals surface area contributed by atoms with E-state index < -0.39 is 6.04 Å². The van der Waals surface area contributed by atoms with Gasteiger partial charge in [-0.25, -0.2) is 0 Å². The second kappa shape index (κ2) is 7.78. The van der Waals surface area contributed by atoms with Gasteiger partial charge in [-0.2, -0.15) is 5.10 Å².